The highest BCUT2D eigenvalue weighted by Crippen LogP contribution is 2.25. The van der Waals surface area contributed by atoms with Crippen molar-refractivity contribution in [1.82, 2.24) is 9.97 Å². The summed E-state index contributed by atoms with van der Waals surface area (Å²) in [6, 6.07) is 7.79. The summed E-state index contributed by atoms with van der Waals surface area (Å²) in [6.07, 6.45) is 4.29. The molecule has 0 radical (unpaired) electrons. The van der Waals surface area contributed by atoms with Gasteiger partial charge >= 0.3 is 0 Å². The van der Waals surface area contributed by atoms with Gasteiger partial charge in [0.25, 0.3) is 0 Å². The zero-order valence-electron chi connectivity index (χ0n) is 14.7. The third kappa shape index (κ3) is 4.77. The van der Waals surface area contributed by atoms with Gasteiger partial charge in [0.1, 0.15) is 18.2 Å². The monoisotopic (exact) mass is 324 g/mol. The zero-order valence-corrected chi connectivity index (χ0v) is 14.7. The van der Waals surface area contributed by atoms with Crippen molar-refractivity contribution >= 4 is 0 Å². The molecule has 0 saturated carbocycles. The van der Waals surface area contributed by atoms with Crippen LogP contribution in [0.25, 0.3) is 11.1 Å². The van der Waals surface area contributed by atoms with E-state index < -0.39 is 5.54 Å². The molecule has 0 spiro atoms. The maximum Gasteiger partial charge on any atom is 0.231 e. The maximum absolute atomic E-state index is 9.41. The summed E-state index contributed by atoms with van der Waals surface area (Å²) in [7, 11) is 0. The van der Waals surface area contributed by atoms with E-state index in [4.69, 9.17) is 10.5 Å². The van der Waals surface area contributed by atoms with E-state index in [0.717, 1.165) is 23.2 Å². The lowest BCUT2D eigenvalue weighted by Crippen LogP contribution is -2.43. The van der Waals surface area contributed by atoms with Crippen molar-refractivity contribution in [1.29, 1.82) is 5.26 Å². The smallest absolute Gasteiger partial charge is 0.231 e. The molecule has 24 heavy (non-hydrogen) atoms. The highest BCUT2D eigenvalue weighted by atomic mass is 16.5. The van der Waals surface area contributed by atoms with Crippen LogP contribution in [-0.2, 0) is 0 Å². The number of aromatic nitrogens is 2. The average molecular weight is 324 g/mol. The molecule has 0 aromatic carbocycles. The molecule has 0 aliphatic heterocycles. The number of nitriles is 1. The van der Waals surface area contributed by atoms with Gasteiger partial charge in [-0.1, -0.05) is 13.8 Å². The number of aryl methyl sites for hydroxylation is 1. The molecule has 2 aromatic rings. The van der Waals surface area contributed by atoms with Crippen molar-refractivity contribution in [3.8, 4) is 23.1 Å². The average Bonchev–Trinajstić information content (AvgIpc) is 2.51. The topological polar surface area (TPSA) is 84.8 Å². The molecule has 0 unspecified atom stereocenters. The van der Waals surface area contributed by atoms with Crippen molar-refractivity contribution in [3.63, 3.8) is 0 Å². The van der Waals surface area contributed by atoms with Crippen LogP contribution in [0.15, 0.2) is 30.6 Å². The minimum Gasteiger partial charge on any atom is -0.475 e. The SMILES string of the molecule is Cc1cc(-c2cnc(OC[C@@](C)(N)CC(C)C)c(C#N)c2)ccn1. The molecule has 2 heterocycles. The predicted octanol–water partition coefficient (Wildman–Crippen LogP) is 3.47. The molecule has 5 nitrogen and oxygen atoms in total. The molecule has 2 aromatic heterocycles. The summed E-state index contributed by atoms with van der Waals surface area (Å²) in [5.41, 5.74) is 8.95. The molecule has 0 aliphatic carbocycles. The Hall–Kier alpha value is -2.45. The number of hydrogen-bond acceptors (Lipinski definition) is 5. The van der Waals surface area contributed by atoms with E-state index in [9.17, 15) is 5.26 Å². The fourth-order valence-electron chi connectivity index (χ4n) is 2.76. The standard InChI is InChI=1S/C19H24N4O/c1-13(2)9-19(4,21)12-24-18-16(10-20)8-17(11-23-18)15-5-6-22-14(3)7-15/h5-8,11,13H,9,12,21H2,1-4H3/t19-/m0/s1. The molecule has 0 amide bonds. The van der Waals surface area contributed by atoms with Crippen molar-refractivity contribution in [3.05, 3.63) is 41.9 Å². The van der Waals surface area contributed by atoms with E-state index in [-0.39, 0.29) is 0 Å². The van der Waals surface area contributed by atoms with E-state index in [0.29, 0.717) is 24.0 Å². The van der Waals surface area contributed by atoms with Gasteiger partial charge in [0.2, 0.25) is 5.88 Å². The van der Waals surface area contributed by atoms with E-state index in [2.05, 4.69) is 29.9 Å². The molecule has 2 N–H and O–H groups in total. The summed E-state index contributed by atoms with van der Waals surface area (Å²) < 4.78 is 5.74. The second-order valence-electron chi connectivity index (χ2n) is 6.92. The fourth-order valence-corrected chi connectivity index (χ4v) is 2.76. The number of nitrogens with two attached hydrogens (primary N) is 1. The van der Waals surface area contributed by atoms with Gasteiger partial charge in [-0.25, -0.2) is 4.98 Å². The van der Waals surface area contributed by atoms with E-state index in [1.165, 1.54) is 0 Å². The van der Waals surface area contributed by atoms with Gasteiger partial charge in [0.15, 0.2) is 0 Å². The van der Waals surface area contributed by atoms with E-state index in [1.54, 1.807) is 18.5 Å². The van der Waals surface area contributed by atoms with Gasteiger partial charge in [-0.15, -0.1) is 0 Å². The predicted molar refractivity (Wildman–Crippen MR) is 94.5 cm³/mol. The Morgan fingerprint density at radius 2 is 2.04 bits per heavy atom. The largest absolute Gasteiger partial charge is 0.475 e. The summed E-state index contributed by atoms with van der Waals surface area (Å²) >= 11 is 0. The second-order valence-corrected chi connectivity index (χ2v) is 6.92. The van der Waals surface area contributed by atoms with Gasteiger partial charge in [0, 0.05) is 29.2 Å². The minimum absolute atomic E-state index is 0.320. The van der Waals surface area contributed by atoms with Crippen LogP contribution >= 0.6 is 0 Å². The van der Waals surface area contributed by atoms with Crippen LogP contribution in [0.4, 0.5) is 0 Å². The van der Waals surface area contributed by atoms with Crippen LogP contribution < -0.4 is 10.5 Å². The maximum atomic E-state index is 9.41. The van der Waals surface area contributed by atoms with Gasteiger partial charge in [-0.3, -0.25) is 4.98 Å². The third-order valence-electron chi connectivity index (χ3n) is 3.61. The zero-order chi connectivity index (χ0) is 17.7. The van der Waals surface area contributed by atoms with E-state index >= 15 is 0 Å². The molecule has 126 valence electrons. The van der Waals surface area contributed by atoms with Crippen LogP contribution in [0.3, 0.4) is 0 Å². The highest BCUT2D eigenvalue weighted by Gasteiger charge is 2.22. The summed E-state index contributed by atoms with van der Waals surface area (Å²) in [6.45, 7) is 8.44. The normalized spacial score (nSPS) is 13.4. The first-order valence-electron chi connectivity index (χ1n) is 8.05. The lowest BCUT2D eigenvalue weighted by atomic mass is 9.93. The van der Waals surface area contributed by atoms with Gasteiger partial charge in [-0.2, -0.15) is 5.26 Å². The highest BCUT2D eigenvalue weighted by molar-refractivity contribution is 5.65. The number of nitrogens with zero attached hydrogens (tertiary/aromatic N) is 3. The molecular formula is C19H24N4O. The number of ether oxygens (including phenoxy) is 1. The van der Waals surface area contributed by atoms with Crippen molar-refractivity contribution in [2.45, 2.75) is 39.7 Å². The fraction of sp³-hybridized carbons (Fsp3) is 0.421. The molecule has 0 saturated heterocycles. The van der Waals surface area contributed by atoms with Crippen molar-refractivity contribution < 1.29 is 4.74 Å². The number of hydrogen-bond donors (Lipinski definition) is 1. The van der Waals surface area contributed by atoms with Crippen LogP contribution in [0.5, 0.6) is 5.88 Å². The molecule has 2 rings (SSSR count). The Kier molecular flexibility index (Phi) is 5.53. The summed E-state index contributed by atoms with van der Waals surface area (Å²) in [5, 5.41) is 9.41. The Morgan fingerprint density at radius 1 is 1.29 bits per heavy atom. The minimum atomic E-state index is -0.455. The third-order valence-corrected chi connectivity index (χ3v) is 3.61. The molecule has 1 atom stereocenters. The van der Waals surface area contributed by atoms with Crippen LogP contribution in [0.2, 0.25) is 0 Å². The number of pyridine rings is 2. The van der Waals surface area contributed by atoms with Crippen molar-refractivity contribution in [2.24, 2.45) is 11.7 Å². The van der Waals surface area contributed by atoms with Crippen LogP contribution in [0.1, 0.15) is 38.4 Å². The first-order valence-corrected chi connectivity index (χ1v) is 8.05. The summed E-state index contributed by atoms with van der Waals surface area (Å²) in [5.74, 6) is 0.803. The summed E-state index contributed by atoms with van der Waals surface area (Å²) in [4.78, 5) is 8.50. The molecule has 0 aliphatic rings. The Labute approximate surface area is 143 Å². The Bertz CT molecular complexity index is 747. The van der Waals surface area contributed by atoms with Crippen LogP contribution in [-0.4, -0.2) is 22.1 Å². The van der Waals surface area contributed by atoms with Gasteiger partial charge < -0.3 is 10.5 Å². The second kappa shape index (κ2) is 7.41. The quantitative estimate of drug-likeness (QED) is 0.879. The molecule has 5 heteroatoms. The molecule has 0 fully saturated rings. The first kappa shape index (κ1) is 17.9. The molecule has 0 bridgehead atoms. The molecular weight excluding hydrogens is 300 g/mol. The Balaban J connectivity index is 2.20. The van der Waals surface area contributed by atoms with Gasteiger partial charge in [-0.05, 0) is 49.9 Å². The van der Waals surface area contributed by atoms with Gasteiger partial charge in [0.05, 0.1) is 0 Å². The first-order chi connectivity index (χ1) is 11.3. The lowest BCUT2D eigenvalue weighted by molar-refractivity contribution is 0.200. The van der Waals surface area contributed by atoms with Crippen molar-refractivity contribution in [2.75, 3.05) is 6.61 Å². The van der Waals surface area contributed by atoms with E-state index in [1.807, 2.05) is 26.0 Å². The lowest BCUT2D eigenvalue weighted by Gasteiger charge is -2.26. The van der Waals surface area contributed by atoms with Crippen LogP contribution in [0, 0.1) is 24.2 Å². The number of rotatable bonds is 6. The Morgan fingerprint density at radius 3 is 2.67 bits per heavy atom.